The minimum Gasteiger partial charge on any atom is -0.366 e. The van der Waals surface area contributed by atoms with Gasteiger partial charge in [0, 0.05) is 12.2 Å². The molecule has 2 fully saturated rings. The summed E-state index contributed by atoms with van der Waals surface area (Å²) in [5.74, 6) is 0.327. The number of benzene rings is 1. The highest BCUT2D eigenvalue weighted by molar-refractivity contribution is 5.95. The maximum absolute atomic E-state index is 13.2. The van der Waals surface area contributed by atoms with E-state index >= 15 is 0 Å². The van der Waals surface area contributed by atoms with Gasteiger partial charge < -0.3 is 14.6 Å². The van der Waals surface area contributed by atoms with Gasteiger partial charge in [0.05, 0.1) is 12.6 Å². The number of amides is 1. The largest absolute Gasteiger partial charge is 0.366 e. The average molecular weight is 352 g/mol. The van der Waals surface area contributed by atoms with E-state index in [1.807, 2.05) is 50.2 Å². The van der Waals surface area contributed by atoms with Gasteiger partial charge >= 0.3 is 0 Å². The Labute approximate surface area is 153 Å². The molecule has 2 aliphatic rings. The zero-order valence-electron chi connectivity index (χ0n) is 15.2. The van der Waals surface area contributed by atoms with Gasteiger partial charge in [-0.25, -0.2) is 0 Å². The third-order valence-electron chi connectivity index (χ3n) is 5.31. The Morgan fingerprint density at radius 1 is 1.15 bits per heavy atom. The Balaban J connectivity index is 1.64. The van der Waals surface area contributed by atoms with Gasteiger partial charge in [0.2, 0.25) is 0 Å². The summed E-state index contributed by atoms with van der Waals surface area (Å²) in [5, 5.41) is 0. The van der Waals surface area contributed by atoms with E-state index in [1.165, 1.54) is 0 Å². The first-order chi connectivity index (χ1) is 12.5. The van der Waals surface area contributed by atoms with Crippen molar-refractivity contribution < 1.29 is 9.53 Å². The van der Waals surface area contributed by atoms with E-state index in [9.17, 15) is 9.59 Å². The third-order valence-corrected chi connectivity index (χ3v) is 5.31. The van der Waals surface area contributed by atoms with Crippen molar-refractivity contribution in [1.29, 1.82) is 0 Å². The molecule has 4 rings (SSSR count). The number of pyridine rings is 1. The maximum atomic E-state index is 13.2. The molecule has 1 aliphatic heterocycles. The molecule has 136 valence electrons. The van der Waals surface area contributed by atoms with Crippen molar-refractivity contribution in [3.8, 4) is 0 Å². The highest BCUT2D eigenvalue weighted by atomic mass is 16.5. The van der Waals surface area contributed by atoms with Crippen molar-refractivity contribution in [2.75, 3.05) is 13.1 Å². The van der Waals surface area contributed by atoms with Gasteiger partial charge in [-0.2, -0.15) is 0 Å². The van der Waals surface area contributed by atoms with Gasteiger partial charge in [0.25, 0.3) is 11.5 Å². The number of aromatic nitrogens is 1. The molecule has 0 spiro atoms. The molecule has 26 heavy (non-hydrogen) atoms. The molecule has 1 amide bonds. The zero-order chi connectivity index (χ0) is 18.3. The van der Waals surface area contributed by atoms with Crippen LogP contribution in [0.5, 0.6) is 0 Å². The van der Waals surface area contributed by atoms with Crippen LogP contribution in [0.2, 0.25) is 0 Å². The molecule has 5 heteroatoms. The van der Waals surface area contributed by atoms with Gasteiger partial charge in [-0.15, -0.1) is 0 Å². The minimum atomic E-state index is -0.307. The fourth-order valence-electron chi connectivity index (χ4n) is 3.81. The van der Waals surface area contributed by atoms with E-state index in [1.54, 1.807) is 4.90 Å². The summed E-state index contributed by atoms with van der Waals surface area (Å²) < 4.78 is 6.31. The molecule has 1 aromatic carbocycles. The summed E-state index contributed by atoms with van der Waals surface area (Å²) in [7, 11) is 0. The van der Waals surface area contributed by atoms with E-state index in [0.29, 0.717) is 19.0 Å². The topological polar surface area (TPSA) is 62.4 Å². The van der Waals surface area contributed by atoms with Crippen LogP contribution in [0.1, 0.15) is 46.1 Å². The summed E-state index contributed by atoms with van der Waals surface area (Å²) in [6.07, 6.45) is 2.20. The highest BCUT2D eigenvalue weighted by Crippen LogP contribution is 2.39. The van der Waals surface area contributed by atoms with Crippen molar-refractivity contribution >= 4 is 5.91 Å². The van der Waals surface area contributed by atoms with Crippen molar-refractivity contribution in [2.45, 2.75) is 38.9 Å². The van der Waals surface area contributed by atoms with E-state index < -0.39 is 0 Å². The normalized spacial score (nSPS) is 23.1. The number of hydrogen-bond donors (Lipinski definition) is 1. The molecule has 2 atom stereocenters. The van der Waals surface area contributed by atoms with Gasteiger partial charge in [0.15, 0.2) is 0 Å². The molecular formula is C21H24N2O3. The Morgan fingerprint density at radius 3 is 2.54 bits per heavy atom. The van der Waals surface area contributed by atoms with Crippen molar-refractivity contribution in [2.24, 2.45) is 5.92 Å². The molecule has 1 aromatic heterocycles. The van der Waals surface area contributed by atoms with Crippen LogP contribution >= 0.6 is 0 Å². The summed E-state index contributed by atoms with van der Waals surface area (Å²) >= 11 is 0. The Hall–Kier alpha value is -2.40. The molecule has 2 heterocycles. The highest BCUT2D eigenvalue weighted by Gasteiger charge is 2.40. The fraction of sp³-hybridized carbons (Fsp3) is 0.429. The number of carbonyl (C=O) groups is 1. The van der Waals surface area contributed by atoms with E-state index in [2.05, 4.69) is 4.98 Å². The number of morpholine rings is 1. The van der Waals surface area contributed by atoms with E-state index in [4.69, 9.17) is 4.74 Å². The second-order valence-corrected chi connectivity index (χ2v) is 7.46. The number of nitrogens with zero attached hydrogens (tertiary/aromatic N) is 1. The van der Waals surface area contributed by atoms with E-state index in [0.717, 1.165) is 29.7 Å². The van der Waals surface area contributed by atoms with Gasteiger partial charge in [-0.3, -0.25) is 9.59 Å². The Bertz CT molecular complexity index is 871. The van der Waals surface area contributed by atoms with Crippen molar-refractivity contribution in [3.63, 3.8) is 0 Å². The molecule has 1 N–H and O–H groups in total. The lowest BCUT2D eigenvalue weighted by Gasteiger charge is -2.38. The Kier molecular flexibility index (Phi) is 4.41. The number of carbonyl (C=O) groups excluding carboxylic acids is 1. The number of hydrogen-bond acceptors (Lipinski definition) is 3. The number of aromatic amines is 1. The minimum absolute atomic E-state index is 0.0442. The zero-order valence-corrected chi connectivity index (χ0v) is 15.2. The summed E-state index contributed by atoms with van der Waals surface area (Å²) in [4.78, 5) is 30.1. The van der Waals surface area contributed by atoms with Crippen LogP contribution in [0.25, 0.3) is 0 Å². The fourth-order valence-corrected chi connectivity index (χ4v) is 3.81. The molecule has 0 unspecified atom stereocenters. The van der Waals surface area contributed by atoms with Crippen LogP contribution in [0.4, 0.5) is 0 Å². The predicted molar refractivity (Wildman–Crippen MR) is 99.2 cm³/mol. The van der Waals surface area contributed by atoms with Crippen LogP contribution in [0.15, 0.2) is 41.2 Å². The lowest BCUT2D eigenvalue weighted by atomic mass is 10.0. The summed E-state index contributed by atoms with van der Waals surface area (Å²) in [6.45, 7) is 4.67. The number of ether oxygens (including phenoxy) is 1. The predicted octanol–water partition coefficient (Wildman–Crippen LogP) is 2.98. The molecule has 2 aromatic rings. The number of aryl methyl sites for hydroxylation is 2. The number of rotatable bonds is 3. The standard InChI is InChI=1S/C21H24N2O3/c1-13-10-14(2)22-20(24)19(13)21(25)23-11-17(15-6-4-3-5-7-15)26-18(12-23)16-8-9-16/h3-7,10,16-18H,8-9,11-12H2,1-2H3,(H,22,24)/t17-,18+/m0/s1. The molecule has 1 saturated carbocycles. The molecule has 1 aliphatic carbocycles. The molecule has 5 nitrogen and oxygen atoms in total. The first-order valence-corrected chi connectivity index (χ1v) is 9.23. The molecule has 0 radical (unpaired) electrons. The average Bonchev–Trinajstić information content (AvgIpc) is 3.46. The molecule has 1 saturated heterocycles. The smallest absolute Gasteiger partial charge is 0.261 e. The monoisotopic (exact) mass is 352 g/mol. The third kappa shape index (κ3) is 3.31. The van der Waals surface area contributed by atoms with Crippen LogP contribution in [0.3, 0.4) is 0 Å². The van der Waals surface area contributed by atoms with Crippen LogP contribution in [-0.4, -0.2) is 35.0 Å². The van der Waals surface area contributed by atoms with Gasteiger partial charge in [-0.05, 0) is 49.8 Å². The van der Waals surface area contributed by atoms with Crippen LogP contribution in [0, 0.1) is 19.8 Å². The van der Waals surface area contributed by atoms with E-state index in [-0.39, 0.29) is 29.2 Å². The maximum Gasteiger partial charge on any atom is 0.261 e. The van der Waals surface area contributed by atoms with Crippen LogP contribution in [-0.2, 0) is 4.74 Å². The number of nitrogens with one attached hydrogen (secondary N) is 1. The summed E-state index contributed by atoms with van der Waals surface area (Å²) in [5.41, 5.74) is 2.51. The second kappa shape index (κ2) is 6.72. The Morgan fingerprint density at radius 2 is 1.88 bits per heavy atom. The lowest BCUT2D eigenvalue weighted by molar-refractivity contribution is -0.0864. The second-order valence-electron chi connectivity index (χ2n) is 7.46. The van der Waals surface area contributed by atoms with Crippen molar-refractivity contribution in [3.05, 3.63) is 69.1 Å². The molecule has 0 bridgehead atoms. The number of H-pyrrole nitrogens is 1. The van der Waals surface area contributed by atoms with Gasteiger partial charge in [-0.1, -0.05) is 30.3 Å². The lowest BCUT2D eigenvalue weighted by Crippen LogP contribution is -2.49. The van der Waals surface area contributed by atoms with Crippen molar-refractivity contribution in [1.82, 2.24) is 9.88 Å². The SMILES string of the molecule is Cc1cc(C)c(C(=O)N2C[C@@H](c3ccccc3)O[C@@H](C3CC3)C2)c(=O)[nH]1. The van der Waals surface area contributed by atoms with Gasteiger partial charge in [0.1, 0.15) is 11.7 Å². The first kappa shape index (κ1) is 17.0. The summed E-state index contributed by atoms with van der Waals surface area (Å²) in [6, 6.07) is 11.9. The van der Waals surface area contributed by atoms with Crippen LogP contribution < -0.4 is 5.56 Å². The molecular weight excluding hydrogens is 328 g/mol. The quantitative estimate of drug-likeness (QED) is 0.924. The first-order valence-electron chi connectivity index (χ1n) is 9.23.